The number of aliphatic hydroxyl groups excluding tert-OH is 2. The number of allylic oxidation sites excluding steroid dienone is 4. The summed E-state index contributed by atoms with van der Waals surface area (Å²) in [7, 11) is 0. The molecule has 0 bridgehead atoms. The van der Waals surface area contributed by atoms with E-state index < -0.39 is 18.2 Å². The van der Waals surface area contributed by atoms with E-state index >= 15 is 0 Å². The van der Waals surface area contributed by atoms with Crippen LogP contribution in [0.3, 0.4) is 0 Å². The highest BCUT2D eigenvalue weighted by Crippen LogP contribution is 2.19. The van der Waals surface area contributed by atoms with Crippen molar-refractivity contribution in [3.8, 4) is 0 Å². The van der Waals surface area contributed by atoms with Gasteiger partial charge in [-0.2, -0.15) is 0 Å². The first-order chi connectivity index (χ1) is 32.0. The van der Waals surface area contributed by atoms with Gasteiger partial charge in [0.2, 0.25) is 5.91 Å². The zero-order valence-electron chi connectivity index (χ0n) is 43.9. The van der Waals surface area contributed by atoms with Gasteiger partial charge in [-0.15, -0.1) is 0 Å². The minimum absolute atomic E-state index is 0.0757. The summed E-state index contributed by atoms with van der Waals surface area (Å²) in [5, 5.41) is 23.9. The monoisotopic (exact) mass is 916 g/mol. The smallest absolute Gasteiger partial charge is 0.306 e. The fraction of sp³-hybridized carbons (Fsp3) is 0.898. The van der Waals surface area contributed by atoms with Crippen LogP contribution >= 0.6 is 0 Å². The van der Waals surface area contributed by atoms with Crippen LogP contribution in [0.15, 0.2) is 24.3 Å². The number of esters is 1. The molecule has 3 atom stereocenters. The van der Waals surface area contributed by atoms with Crippen LogP contribution in [0, 0.1) is 0 Å². The van der Waals surface area contributed by atoms with Crippen molar-refractivity contribution in [1.29, 1.82) is 0 Å². The van der Waals surface area contributed by atoms with Gasteiger partial charge in [0, 0.05) is 6.42 Å². The standard InChI is InChI=1S/C59H113NO5/c1-4-7-10-13-16-19-22-25-27-28-29-30-31-34-37-40-43-46-49-52-59(64)65-55(50-47-44-41-38-35-32-24-21-18-15-12-9-6-3)53-58(63)60-56(54-61)57(62)51-48-45-42-39-36-33-26-23-20-17-14-11-8-5-2/h21,24-25,27,55-57,61-62H,4-20,22-23,26,28-54H2,1-3H3,(H,60,63)/b24-21-,27-25+. The summed E-state index contributed by atoms with van der Waals surface area (Å²) in [6.45, 7) is 6.50. The van der Waals surface area contributed by atoms with Crippen molar-refractivity contribution in [2.24, 2.45) is 0 Å². The number of carbonyl (C=O) groups excluding carboxylic acids is 2. The van der Waals surface area contributed by atoms with Gasteiger partial charge in [0.15, 0.2) is 0 Å². The molecular formula is C59H113NO5. The lowest BCUT2D eigenvalue weighted by Gasteiger charge is -2.24. The van der Waals surface area contributed by atoms with E-state index in [4.69, 9.17) is 4.74 Å². The molecule has 0 aromatic carbocycles. The molecule has 0 rings (SSSR count). The summed E-state index contributed by atoms with van der Waals surface area (Å²) in [6.07, 6.45) is 62.4. The van der Waals surface area contributed by atoms with E-state index in [1.54, 1.807) is 0 Å². The Morgan fingerprint density at radius 3 is 1.11 bits per heavy atom. The van der Waals surface area contributed by atoms with Gasteiger partial charge >= 0.3 is 5.97 Å². The van der Waals surface area contributed by atoms with E-state index in [1.165, 1.54) is 212 Å². The maximum absolute atomic E-state index is 13.3. The number of carbonyl (C=O) groups is 2. The molecule has 0 aliphatic heterocycles. The second kappa shape index (κ2) is 53.3. The van der Waals surface area contributed by atoms with E-state index in [0.29, 0.717) is 19.3 Å². The van der Waals surface area contributed by atoms with Crippen LogP contribution in [0.1, 0.15) is 316 Å². The fourth-order valence-corrected chi connectivity index (χ4v) is 9.07. The first-order valence-corrected chi connectivity index (χ1v) is 29.1. The Morgan fingerprint density at radius 2 is 0.738 bits per heavy atom. The predicted octanol–water partition coefficient (Wildman–Crippen LogP) is 17.9. The maximum Gasteiger partial charge on any atom is 0.306 e. The van der Waals surface area contributed by atoms with Gasteiger partial charge in [-0.3, -0.25) is 9.59 Å². The first-order valence-electron chi connectivity index (χ1n) is 29.1. The molecule has 0 aromatic heterocycles. The van der Waals surface area contributed by atoms with Gasteiger partial charge in [0.05, 0.1) is 25.2 Å². The van der Waals surface area contributed by atoms with Gasteiger partial charge in [-0.05, 0) is 77.0 Å². The van der Waals surface area contributed by atoms with Gasteiger partial charge in [0.1, 0.15) is 6.10 Å². The van der Waals surface area contributed by atoms with Crippen LogP contribution in [0.4, 0.5) is 0 Å². The number of unbranched alkanes of at least 4 members (excludes halogenated alkanes) is 37. The number of hydrogen-bond acceptors (Lipinski definition) is 5. The zero-order valence-corrected chi connectivity index (χ0v) is 43.9. The molecule has 3 unspecified atom stereocenters. The third kappa shape index (κ3) is 48.6. The molecule has 0 saturated carbocycles. The van der Waals surface area contributed by atoms with Crippen LogP contribution in [-0.4, -0.2) is 46.9 Å². The molecule has 0 saturated heterocycles. The molecule has 0 aliphatic rings. The largest absolute Gasteiger partial charge is 0.462 e. The van der Waals surface area contributed by atoms with Crippen molar-refractivity contribution >= 4 is 11.9 Å². The average Bonchev–Trinajstić information content (AvgIpc) is 3.30. The van der Waals surface area contributed by atoms with Crippen LogP contribution in [0.5, 0.6) is 0 Å². The highest BCUT2D eigenvalue weighted by atomic mass is 16.5. The molecule has 384 valence electrons. The summed E-state index contributed by atoms with van der Waals surface area (Å²) in [4.78, 5) is 26.3. The summed E-state index contributed by atoms with van der Waals surface area (Å²) in [6, 6.07) is -0.701. The molecule has 0 aliphatic carbocycles. The molecule has 6 heteroatoms. The molecule has 65 heavy (non-hydrogen) atoms. The van der Waals surface area contributed by atoms with Crippen molar-refractivity contribution in [2.45, 2.75) is 334 Å². The quantitative estimate of drug-likeness (QED) is 0.0321. The summed E-state index contributed by atoms with van der Waals surface area (Å²) >= 11 is 0. The molecule has 1 amide bonds. The minimum Gasteiger partial charge on any atom is -0.462 e. The highest BCUT2D eigenvalue weighted by molar-refractivity contribution is 5.77. The van der Waals surface area contributed by atoms with Crippen LogP contribution < -0.4 is 5.32 Å². The van der Waals surface area contributed by atoms with Gasteiger partial charge in [0.25, 0.3) is 0 Å². The molecule has 0 aromatic rings. The zero-order chi connectivity index (χ0) is 47.4. The molecule has 0 radical (unpaired) electrons. The number of hydrogen-bond donors (Lipinski definition) is 3. The van der Waals surface area contributed by atoms with E-state index in [0.717, 1.165) is 57.8 Å². The summed E-state index contributed by atoms with van der Waals surface area (Å²) < 4.78 is 5.96. The number of aliphatic hydroxyl groups is 2. The molecule has 3 N–H and O–H groups in total. The van der Waals surface area contributed by atoms with Crippen LogP contribution in [0.25, 0.3) is 0 Å². The maximum atomic E-state index is 13.3. The van der Waals surface area contributed by atoms with Crippen LogP contribution in [-0.2, 0) is 14.3 Å². The predicted molar refractivity (Wildman–Crippen MR) is 283 cm³/mol. The number of ether oxygens (including phenoxy) is 1. The lowest BCUT2D eigenvalue weighted by molar-refractivity contribution is -0.151. The van der Waals surface area contributed by atoms with E-state index in [2.05, 4.69) is 50.4 Å². The highest BCUT2D eigenvalue weighted by Gasteiger charge is 2.24. The topological polar surface area (TPSA) is 95.9 Å². The number of nitrogens with one attached hydrogen (secondary N) is 1. The Bertz CT molecular complexity index is 1030. The van der Waals surface area contributed by atoms with E-state index in [9.17, 15) is 19.8 Å². The van der Waals surface area contributed by atoms with Crippen molar-refractivity contribution in [3.05, 3.63) is 24.3 Å². The van der Waals surface area contributed by atoms with Crippen molar-refractivity contribution < 1.29 is 24.5 Å². The van der Waals surface area contributed by atoms with Crippen molar-refractivity contribution in [1.82, 2.24) is 5.32 Å². The Hall–Kier alpha value is -1.66. The van der Waals surface area contributed by atoms with Gasteiger partial charge < -0.3 is 20.3 Å². The number of rotatable bonds is 53. The van der Waals surface area contributed by atoms with Gasteiger partial charge in [-0.25, -0.2) is 0 Å². The molecule has 6 nitrogen and oxygen atoms in total. The second-order valence-electron chi connectivity index (χ2n) is 20.0. The molecule has 0 spiro atoms. The Morgan fingerprint density at radius 1 is 0.431 bits per heavy atom. The van der Waals surface area contributed by atoms with Crippen molar-refractivity contribution in [3.63, 3.8) is 0 Å². The molecule has 0 fully saturated rings. The van der Waals surface area contributed by atoms with E-state index in [1.807, 2.05) is 0 Å². The third-order valence-corrected chi connectivity index (χ3v) is 13.5. The normalized spacial score (nSPS) is 13.2. The SMILES string of the molecule is CCCCCC/C=C\CCCCCCCC(CC(=O)NC(CO)C(O)CCCCCCCCCCCCCCCC)OC(=O)CCCCCCCCCCC/C=C/CCCCCCCC. The lowest BCUT2D eigenvalue weighted by atomic mass is 10.0. The number of amides is 1. The average molecular weight is 917 g/mol. The third-order valence-electron chi connectivity index (χ3n) is 13.5. The Balaban J connectivity index is 4.48. The van der Waals surface area contributed by atoms with Crippen LogP contribution in [0.2, 0.25) is 0 Å². The summed E-state index contributed by atoms with van der Waals surface area (Å²) in [5.41, 5.74) is 0. The Labute approximate surface area is 405 Å². The second-order valence-corrected chi connectivity index (χ2v) is 20.0. The fourth-order valence-electron chi connectivity index (χ4n) is 9.07. The van der Waals surface area contributed by atoms with Crippen molar-refractivity contribution in [2.75, 3.05) is 6.61 Å². The van der Waals surface area contributed by atoms with Gasteiger partial charge in [-0.1, -0.05) is 251 Å². The minimum atomic E-state index is -0.787. The Kier molecular flexibility index (Phi) is 51.9. The molecule has 0 heterocycles. The summed E-state index contributed by atoms with van der Waals surface area (Å²) in [5.74, 6) is -0.467. The first kappa shape index (κ1) is 63.3. The van der Waals surface area contributed by atoms with E-state index in [-0.39, 0.29) is 24.9 Å². The lowest BCUT2D eigenvalue weighted by Crippen LogP contribution is -2.46. The molecular weight excluding hydrogens is 803 g/mol.